The lowest BCUT2D eigenvalue weighted by Gasteiger charge is -2.27. The van der Waals surface area contributed by atoms with E-state index >= 15 is 0 Å². The number of oxazole rings is 1. The first-order chi connectivity index (χ1) is 18.4. The van der Waals surface area contributed by atoms with Crippen LogP contribution in [0.3, 0.4) is 0 Å². The van der Waals surface area contributed by atoms with Gasteiger partial charge in [-0.05, 0) is 42.0 Å². The molecule has 0 aliphatic rings. The Labute approximate surface area is 222 Å². The van der Waals surface area contributed by atoms with E-state index in [0.29, 0.717) is 23.9 Å². The standard InChI is InChI=1S/C30H33N3O5/c1-21(2)19-33(30(36)37-20-23-13-7-4-8-14-23)29(35)32-25(18-17-22-11-5-3-6-12-22)27(34)28-31-24-15-9-10-16-26(24)38-28/h3-16,21,25,27,34H,17-20H2,1-2H3,(H,32,35)/t25-,27?/m0/s1. The predicted molar refractivity (Wildman–Crippen MR) is 144 cm³/mol. The molecule has 8 heteroatoms. The fourth-order valence-electron chi connectivity index (χ4n) is 4.10. The molecule has 1 unspecified atom stereocenters. The summed E-state index contributed by atoms with van der Waals surface area (Å²) < 4.78 is 11.2. The molecular formula is C30H33N3O5. The number of carbonyl (C=O) groups is 2. The number of imide groups is 1. The van der Waals surface area contributed by atoms with Crippen LogP contribution in [0.5, 0.6) is 0 Å². The van der Waals surface area contributed by atoms with Gasteiger partial charge in [-0.2, -0.15) is 0 Å². The van der Waals surface area contributed by atoms with Crippen LogP contribution in [-0.2, 0) is 17.8 Å². The van der Waals surface area contributed by atoms with Crippen LogP contribution in [0.4, 0.5) is 9.59 Å². The second-order valence-corrected chi connectivity index (χ2v) is 9.59. The van der Waals surface area contributed by atoms with Crippen LogP contribution in [0.2, 0.25) is 0 Å². The van der Waals surface area contributed by atoms with E-state index in [-0.39, 0.29) is 25.0 Å². The fourth-order valence-corrected chi connectivity index (χ4v) is 4.10. The van der Waals surface area contributed by atoms with Crippen molar-refractivity contribution in [3.05, 3.63) is 102 Å². The van der Waals surface area contributed by atoms with Crippen molar-refractivity contribution < 1.29 is 23.8 Å². The largest absolute Gasteiger partial charge is 0.444 e. The highest BCUT2D eigenvalue weighted by Crippen LogP contribution is 2.25. The fraction of sp³-hybridized carbons (Fsp3) is 0.300. The molecule has 2 atom stereocenters. The lowest BCUT2D eigenvalue weighted by Crippen LogP contribution is -2.50. The van der Waals surface area contributed by atoms with E-state index in [4.69, 9.17) is 9.15 Å². The number of aliphatic hydroxyl groups is 1. The van der Waals surface area contributed by atoms with E-state index in [2.05, 4.69) is 10.3 Å². The summed E-state index contributed by atoms with van der Waals surface area (Å²) in [5, 5.41) is 14.1. The average molecular weight is 516 g/mol. The van der Waals surface area contributed by atoms with Crippen molar-refractivity contribution in [1.82, 2.24) is 15.2 Å². The maximum absolute atomic E-state index is 13.4. The number of nitrogens with zero attached hydrogens (tertiary/aromatic N) is 2. The van der Waals surface area contributed by atoms with Crippen molar-refractivity contribution >= 4 is 23.2 Å². The van der Waals surface area contributed by atoms with Crippen LogP contribution in [0, 0.1) is 5.92 Å². The Morgan fingerprint density at radius 3 is 2.24 bits per heavy atom. The van der Waals surface area contributed by atoms with E-state index in [9.17, 15) is 14.7 Å². The molecule has 1 heterocycles. The number of hydrogen-bond acceptors (Lipinski definition) is 6. The third kappa shape index (κ3) is 7.20. The molecule has 0 saturated carbocycles. The van der Waals surface area contributed by atoms with E-state index in [1.165, 1.54) is 0 Å². The molecule has 0 spiro atoms. The van der Waals surface area contributed by atoms with E-state index < -0.39 is 24.3 Å². The molecule has 8 nitrogen and oxygen atoms in total. The Morgan fingerprint density at radius 1 is 0.947 bits per heavy atom. The number of para-hydroxylation sites is 2. The van der Waals surface area contributed by atoms with Crippen LogP contribution in [-0.4, -0.2) is 39.7 Å². The predicted octanol–water partition coefficient (Wildman–Crippen LogP) is 5.87. The molecule has 0 fully saturated rings. The molecule has 38 heavy (non-hydrogen) atoms. The number of aromatic nitrogens is 1. The van der Waals surface area contributed by atoms with Gasteiger partial charge in [0, 0.05) is 6.54 Å². The summed E-state index contributed by atoms with van der Waals surface area (Å²) in [5.41, 5.74) is 3.02. The van der Waals surface area contributed by atoms with E-state index in [0.717, 1.165) is 16.0 Å². The molecule has 198 valence electrons. The maximum atomic E-state index is 13.4. The van der Waals surface area contributed by atoms with Gasteiger partial charge in [-0.25, -0.2) is 19.5 Å². The number of fused-ring (bicyclic) bond motifs is 1. The smallest absolute Gasteiger partial charge is 0.418 e. The molecule has 0 bridgehead atoms. The van der Waals surface area contributed by atoms with Crippen LogP contribution < -0.4 is 5.32 Å². The van der Waals surface area contributed by atoms with Crippen LogP contribution in [0.15, 0.2) is 89.3 Å². The number of amides is 3. The molecule has 4 aromatic rings. The van der Waals surface area contributed by atoms with Gasteiger partial charge in [-0.15, -0.1) is 0 Å². The number of aryl methyl sites for hydroxylation is 1. The van der Waals surface area contributed by atoms with Crippen molar-refractivity contribution in [3.63, 3.8) is 0 Å². The number of rotatable bonds is 10. The van der Waals surface area contributed by atoms with Crippen LogP contribution >= 0.6 is 0 Å². The number of hydrogen-bond donors (Lipinski definition) is 2. The number of benzene rings is 3. The molecule has 3 amide bonds. The Balaban J connectivity index is 1.52. The molecule has 0 saturated heterocycles. The second-order valence-electron chi connectivity index (χ2n) is 9.59. The molecule has 1 aromatic heterocycles. The SMILES string of the molecule is CC(C)CN(C(=O)N[C@@H](CCc1ccccc1)C(O)c1nc2ccccc2o1)C(=O)OCc1ccccc1. The number of urea groups is 1. The van der Waals surface area contributed by atoms with Crippen LogP contribution in [0.1, 0.15) is 43.4 Å². The lowest BCUT2D eigenvalue weighted by molar-refractivity contribution is 0.0841. The van der Waals surface area contributed by atoms with E-state index in [1.54, 1.807) is 12.1 Å². The quantitative estimate of drug-likeness (QED) is 0.274. The van der Waals surface area contributed by atoms with E-state index in [1.807, 2.05) is 86.6 Å². The minimum Gasteiger partial charge on any atom is -0.444 e. The third-order valence-electron chi connectivity index (χ3n) is 6.06. The number of ether oxygens (including phenoxy) is 1. The maximum Gasteiger partial charge on any atom is 0.418 e. The summed E-state index contributed by atoms with van der Waals surface area (Å²) in [6, 6.07) is 24.8. The van der Waals surface area contributed by atoms with Crippen molar-refractivity contribution in [1.29, 1.82) is 0 Å². The highest BCUT2D eigenvalue weighted by atomic mass is 16.6. The highest BCUT2D eigenvalue weighted by molar-refractivity contribution is 5.91. The molecule has 0 radical (unpaired) electrons. The third-order valence-corrected chi connectivity index (χ3v) is 6.06. The molecular weight excluding hydrogens is 482 g/mol. The Bertz CT molecular complexity index is 1290. The first-order valence-corrected chi connectivity index (χ1v) is 12.8. The van der Waals surface area contributed by atoms with Crippen molar-refractivity contribution in [2.24, 2.45) is 5.92 Å². The summed E-state index contributed by atoms with van der Waals surface area (Å²) >= 11 is 0. The highest BCUT2D eigenvalue weighted by Gasteiger charge is 2.31. The number of carbonyl (C=O) groups excluding carboxylic acids is 2. The Morgan fingerprint density at radius 2 is 1.58 bits per heavy atom. The monoisotopic (exact) mass is 515 g/mol. The van der Waals surface area contributed by atoms with Gasteiger partial charge >= 0.3 is 12.1 Å². The summed E-state index contributed by atoms with van der Waals surface area (Å²) in [5.74, 6) is 0.112. The summed E-state index contributed by atoms with van der Waals surface area (Å²) in [7, 11) is 0. The summed E-state index contributed by atoms with van der Waals surface area (Å²) in [6.45, 7) is 4.02. The Kier molecular flexibility index (Phi) is 9.11. The number of nitrogens with one attached hydrogen (secondary N) is 1. The van der Waals surface area contributed by atoms with Gasteiger partial charge in [0.05, 0.1) is 6.04 Å². The molecule has 2 N–H and O–H groups in total. The molecule has 0 aliphatic heterocycles. The van der Waals surface area contributed by atoms with Crippen LogP contribution in [0.25, 0.3) is 11.1 Å². The summed E-state index contributed by atoms with van der Waals surface area (Å²) in [6.07, 6.45) is -0.995. The van der Waals surface area contributed by atoms with Crippen molar-refractivity contribution in [2.75, 3.05) is 6.54 Å². The lowest BCUT2D eigenvalue weighted by atomic mass is 10.0. The van der Waals surface area contributed by atoms with Gasteiger partial charge in [0.25, 0.3) is 0 Å². The number of aliphatic hydroxyl groups excluding tert-OH is 1. The van der Waals surface area contributed by atoms with Gasteiger partial charge in [0.2, 0.25) is 5.89 Å². The van der Waals surface area contributed by atoms with Crippen molar-refractivity contribution in [3.8, 4) is 0 Å². The average Bonchev–Trinajstić information content (AvgIpc) is 3.37. The second kappa shape index (κ2) is 12.9. The van der Waals surface area contributed by atoms with Gasteiger partial charge in [-0.3, -0.25) is 0 Å². The minimum atomic E-state index is -1.23. The molecule has 3 aromatic carbocycles. The van der Waals surface area contributed by atoms with Crippen molar-refractivity contribution in [2.45, 2.75) is 45.4 Å². The molecule has 0 aliphatic carbocycles. The zero-order chi connectivity index (χ0) is 26.9. The van der Waals surface area contributed by atoms with Gasteiger partial charge in [0.15, 0.2) is 11.7 Å². The minimum absolute atomic E-state index is 0.00903. The summed E-state index contributed by atoms with van der Waals surface area (Å²) in [4.78, 5) is 31.8. The van der Waals surface area contributed by atoms with Gasteiger partial charge in [0.1, 0.15) is 12.1 Å². The first kappa shape index (κ1) is 26.9. The first-order valence-electron chi connectivity index (χ1n) is 12.8. The zero-order valence-corrected chi connectivity index (χ0v) is 21.6. The van der Waals surface area contributed by atoms with Gasteiger partial charge < -0.3 is 19.6 Å². The Hall–Kier alpha value is -4.17. The topological polar surface area (TPSA) is 105 Å². The normalized spacial score (nSPS) is 12.7. The molecule has 4 rings (SSSR count). The van der Waals surface area contributed by atoms with Gasteiger partial charge in [-0.1, -0.05) is 86.6 Å². The zero-order valence-electron chi connectivity index (χ0n) is 21.6.